The van der Waals surface area contributed by atoms with Crippen LogP contribution in [0.2, 0.25) is 0 Å². The maximum atomic E-state index is 13.3. The van der Waals surface area contributed by atoms with Gasteiger partial charge in [0.25, 0.3) is 5.91 Å². The van der Waals surface area contributed by atoms with Crippen LogP contribution in [0.25, 0.3) is 10.9 Å². The van der Waals surface area contributed by atoms with E-state index in [0.717, 1.165) is 61.4 Å². The van der Waals surface area contributed by atoms with Gasteiger partial charge in [0.15, 0.2) is 0 Å². The number of amides is 1. The second kappa shape index (κ2) is 7.64. The summed E-state index contributed by atoms with van der Waals surface area (Å²) in [6.07, 6.45) is 3.58. The Balaban J connectivity index is 1.56. The molecule has 3 heterocycles. The molecule has 1 aromatic heterocycles. The summed E-state index contributed by atoms with van der Waals surface area (Å²) in [5.74, 6) is 0.109. The molecule has 4 rings (SSSR count). The van der Waals surface area contributed by atoms with E-state index < -0.39 is 0 Å². The van der Waals surface area contributed by atoms with Gasteiger partial charge in [-0.3, -0.25) is 4.79 Å². The predicted molar refractivity (Wildman–Crippen MR) is 108 cm³/mol. The number of rotatable bonds is 3. The van der Waals surface area contributed by atoms with Crippen LogP contribution in [0, 0.1) is 20.8 Å². The fourth-order valence-electron chi connectivity index (χ4n) is 4.60. The molecule has 5 nitrogen and oxygen atoms in total. The molecule has 0 aliphatic carbocycles. The third-order valence-electron chi connectivity index (χ3n) is 6.02. The Bertz CT molecular complexity index is 836. The molecule has 2 fully saturated rings. The van der Waals surface area contributed by atoms with E-state index in [0.29, 0.717) is 6.54 Å². The van der Waals surface area contributed by atoms with Crippen LogP contribution in [0.5, 0.6) is 0 Å². The number of aromatic amines is 1. The lowest BCUT2D eigenvalue weighted by Gasteiger charge is -2.27. The van der Waals surface area contributed by atoms with Crippen molar-refractivity contribution in [2.45, 2.75) is 46.1 Å². The lowest BCUT2D eigenvalue weighted by Crippen LogP contribution is -2.42. The number of benzene rings is 1. The largest absolute Gasteiger partial charge is 0.375 e. The van der Waals surface area contributed by atoms with Crippen molar-refractivity contribution in [2.24, 2.45) is 0 Å². The van der Waals surface area contributed by atoms with E-state index in [9.17, 15) is 4.79 Å². The number of likely N-dealkylation sites (tertiary alicyclic amines) is 1. The van der Waals surface area contributed by atoms with Gasteiger partial charge in [0.2, 0.25) is 0 Å². The number of aromatic nitrogens is 1. The van der Waals surface area contributed by atoms with Crippen molar-refractivity contribution < 1.29 is 9.53 Å². The summed E-state index contributed by atoms with van der Waals surface area (Å²) in [5, 5.41) is 1.16. The van der Waals surface area contributed by atoms with Crippen molar-refractivity contribution in [1.82, 2.24) is 14.8 Å². The van der Waals surface area contributed by atoms with E-state index in [1.165, 1.54) is 24.0 Å². The zero-order valence-electron chi connectivity index (χ0n) is 16.8. The molecular formula is C22H31N3O2. The fourth-order valence-corrected chi connectivity index (χ4v) is 4.60. The summed E-state index contributed by atoms with van der Waals surface area (Å²) < 4.78 is 6.06. The van der Waals surface area contributed by atoms with E-state index in [2.05, 4.69) is 42.8 Å². The van der Waals surface area contributed by atoms with Crippen LogP contribution in [0.3, 0.4) is 0 Å². The van der Waals surface area contributed by atoms with Crippen molar-refractivity contribution in [3.05, 3.63) is 34.5 Å². The number of hydrogen-bond donors (Lipinski definition) is 1. The number of hydrogen-bond acceptors (Lipinski definition) is 3. The number of aryl methyl sites for hydroxylation is 3. The van der Waals surface area contributed by atoms with Gasteiger partial charge in [0, 0.05) is 37.1 Å². The Morgan fingerprint density at radius 2 is 1.93 bits per heavy atom. The molecule has 1 aromatic carbocycles. The standard InChI is InChI=1S/C22H31N3O2/c1-15-11-16(2)20-19(12-15)17(3)21(23-20)22(26)25-9-6-10-27-18(14-25)13-24-7-4-5-8-24/h11-12,18,23H,4-10,13-14H2,1-3H3/t18-/m0/s1. The predicted octanol–water partition coefficient (Wildman–Crippen LogP) is 3.42. The van der Waals surface area contributed by atoms with Crippen LogP contribution < -0.4 is 0 Å². The van der Waals surface area contributed by atoms with E-state index in [1.54, 1.807) is 0 Å². The molecule has 5 heteroatoms. The molecule has 0 unspecified atom stereocenters. The van der Waals surface area contributed by atoms with Crippen LogP contribution >= 0.6 is 0 Å². The first kappa shape index (κ1) is 18.5. The minimum atomic E-state index is 0.109. The minimum Gasteiger partial charge on any atom is -0.375 e. The van der Waals surface area contributed by atoms with Crippen molar-refractivity contribution >= 4 is 16.8 Å². The summed E-state index contributed by atoms with van der Waals surface area (Å²) in [4.78, 5) is 21.2. The number of nitrogens with one attached hydrogen (secondary N) is 1. The van der Waals surface area contributed by atoms with E-state index in [-0.39, 0.29) is 12.0 Å². The van der Waals surface area contributed by atoms with Crippen LogP contribution in [0.1, 0.15) is 46.4 Å². The maximum Gasteiger partial charge on any atom is 0.270 e. The second-order valence-corrected chi connectivity index (χ2v) is 8.23. The summed E-state index contributed by atoms with van der Waals surface area (Å²) in [5.41, 5.74) is 5.30. The molecule has 1 amide bonds. The molecule has 0 saturated carbocycles. The average Bonchev–Trinajstić information content (AvgIpc) is 3.18. The van der Waals surface area contributed by atoms with Crippen molar-refractivity contribution in [2.75, 3.05) is 39.3 Å². The Hall–Kier alpha value is -1.85. The molecular weight excluding hydrogens is 338 g/mol. The summed E-state index contributed by atoms with van der Waals surface area (Å²) >= 11 is 0. The molecule has 1 N–H and O–H groups in total. The van der Waals surface area contributed by atoms with Crippen LogP contribution in [0.4, 0.5) is 0 Å². The molecule has 27 heavy (non-hydrogen) atoms. The van der Waals surface area contributed by atoms with Crippen molar-refractivity contribution in [1.29, 1.82) is 0 Å². The average molecular weight is 370 g/mol. The molecule has 0 radical (unpaired) electrons. The molecule has 0 bridgehead atoms. The minimum absolute atomic E-state index is 0.109. The molecule has 1 atom stereocenters. The highest BCUT2D eigenvalue weighted by Gasteiger charge is 2.28. The number of carbonyl (C=O) groups excluding carboxylic acids is 1. The van der Waals surface area contributed by atoms with Gasteiger partial charge in [-0.1, -0.05) is 11.6 Å². The molecule has 2 saturated heterocycles. The smallest absolute Gasteiger partial charge is 0.270 e. The monoisotopic (exact) mass is 369 g/mol. The number of nitrogens with zero attached hydrogens (tertiary/aromatic N) is 2. The highest BCUT2D eigenvalue weighted by atomic mass is 16.5. The van der Waals surface area contributed by atoms with Gasteiger partial charge in [-0.15, -0.1) is 0 Å². The van der Waals surface area contributed by atoms with E-state index in [1.807, 2.05) is 4.90 Å². The first-order valence-corrected chi connectivity index (χ1v) is 10.3. The van der Waals surface area contributed by atoms with E-state index >= 15 is 0 Å². The molecule has 146 valence electrons. The topological polar surface area (TPSA) is 48.6 Å². The Labute approximate surface area is 161 Å². The van der Waals surface area contributed by atoms with Gasteiger partial charge >= 0.3 is 0 Å². The van der Waals surface area contributed by atoms with Gasteiger partial charge < -0.3 is 19.5 Å². The molecule has 0 spiro atoms. The number of carbonyl (C=O) groups is 1. The van der Waals surface area contributed by atoms with Gasteiger partial charge in [-0.25, -0.2) is 0 Å². The highest BCUT2D eigenvalue weighted by Crippen LogP contribution is 2.27. The molecule has 2 aromatic rings. The second-order valence-electron chi connectivity index (χ2n) is 8.23. The third kappa shape index (κ3) is 3.76. The Morgan fingerprint density at radius 1 is 1.15 bits per heavy atom. The Morgan fingerprint density at radius 3 is 2.70 bits per heavy atom. The summed E-state index contributed by atoms with van der Waals surface area (Å²) in [6, 6.07) is 4.34. The van der Waals surface area contributed by atoms with Crippen molar-refractivity contribution in [3.8, 4) is 0 Å². The molecule has 2 aliphatic heterocycles. The van der Waals surface area contributed by atoms with Gasteiger partial charge in [0.05, 0.1) is 6.10 Å². The molecule has 2 aliphatic rings. The van der Waals surface area contributed by atoms with Crippen molar-refractivity contribution in [3.63, 3.8) is 0 Å². The first-order valence-electron chi connectivity index (χ1n) is 10.3. The summed E-state index contributed by atoms with van der Waals surface area (Å²) in [6.45, 7) is 11.7. The zero-order valence-corrected chi connectivity index (χ0v) is 16.8. The number of ether oxygens (including phenoxy) is 1. The van der Waals surface area contributed by atoms with E-state index in [4.69, 9.17) is 4.74 Å². The van der Waals surface area contributed by atoms with Gasteiger partial charge in [-0.2, -0.15) is 0 Å². The maximum absolute atomic E-state index is 13.3. The Kier molecular flexibility index (Phi) is 5.24. The lowest BCUT2D eigenvalue weighted by molar-refractivity contribution is 0.0296. The van der Waals surface area contributed by atoms with Gasteiger partial charge in [0.1, 0.15) is 5.69 Å². The summed E-state index contributed by atoms with van der Waals surface area (Å²) in [7, 11) is 0. The highest BCUT2D eigenvalue weighted by molar-refractivity contribution is 6.01. The number of H-pyrrole nitrogens is 1. The third-order valence-corrected chi connectivity index (χ3v) is 6.02. The van der Waals surface area contributed by atoms with Crippen LogP contribution in [0.15, 0.2) is 12.1 Å². The lowest BCUT2D eigenvalue weighted by atomic mass is 10.1. The van der Waals surface area contributed by atoms with Crippen LogP contribution in [-0.4, -0.2) is 66.1 Å². The first-order chi connectivity index (χ1) is 13.0. The fraction of sp³-hybridized carbons (Fsp3) is 0.591. The quantitative estimate of drug-likeness (QED) is 0.902. The van der Waals surface area contributed by atoms with Gasteiger partial charge in [-0.05, 0) is 70.3 Å². The zero-order chi connectivity index (χ0) is 19.0. The van der Waals surface area contributed by atoms with Crippen LogP contribution in [-0.2, 0) is 4.74 Å². The normalized spacial score (nSPS) is 21.7. The number of fused-ring (bicyclic) bond motifs is 1. The SMILES string of the molecule is Cc1cc(C)c2[nH]c(C(=O)N3CCCO[C@@H](CN4CCCC4)C3)c(C)c2c1.